The van der Waals surface area contributed by atoms with Gasteiger partial charge in [0, 0.05) is 31.1 Å². The van der Waals surface area contributed by atoms with Gasteiger partial charge in [0.2, 0.25) is 5.91 Å². The van der Waals surface area contributed by atoms with E-state index in [1.807, 2.05) is 29.2 Å². The molecule has 1 atom stereocenters. The Bertz CT molecular complexity index is 1090. The molecule has 1 aromatic heterocycles. The molecule has 1 aliphatic heterocycles. The van der Waals surface area contributed by atoms with Crippen LogP contribution >= 0.6 is 0 Å². The van der Waals surface area contributed by atoms with Crippen LogP contribution in [0.3, 0.4) is 0 Å². The van der Waals surface area contributed by atoms with E-state index in [0.29, 0.717) is 23.3 Å². The van der Waals surface area contributed by atoms with Crippen molar-refractivity contribution in [3.05, 3.63) is 60.4 Å². The van der Waals surface area contributed by atoms with E-state index in [4.69, 9.17) is 5.26 Å². The van der Waals surface area contributed by atoms with Crippen LogP contribution in [0.25, 0.3) is 22.5 Å². The fourth-order valence-corrected chi connectivity index (χ4v) is 4.21. The molecule has 2 aliphatic rings. The monoisotopic (exact) mass is 397 g/mol. The third-order valence-electron chi connectivity index (χ3n) is 6.08. The van der Waals surface area contributed by atoms with Crippen LogP contribution in [0.4, 0.5) is 0 Å². The highest BCUT2D eigenvalue weighted by molar-refractivity contribution is 5.81. The van der Waals surface area contributed by atoms with Crippen molar-refractivity contribution < 1.29 is 4.79 Å². The van der Waals surface area contributed by atoms with Gasteiger partial charge in [-0.3, -0.25) is 4.79 Å². The minimum absolute atomic E-state index is 0.295. The Hall–Kier alpha value is -3.46. The number of likely N-dealkylation sites (tertiary alicyclic amines) is 1. The zero-order valence-corrected chi connectivity index (χ0v) is 16.7. The molecule has 30 heavy (non-hydrogen) atoms. The van der Waals surface area contributed by atoms with E-state index in [-0.39, 0.29) is 0 Å². The molecule has 0 bridgehead atoms. The van der Waals surface area contributed by atoms with Crippen molar-refractivity contribution in [1.29, 1.82) is 5.26 Å². The maximum Gasteiger partial charge on any atom is 0.225 e. The molecular weight excluding hydrogens is 374 g/mol. The minimum atomic E-state index is 0.295. The molecule has 1 saturated heterocycles. The number of aromatic nitrogens is 3. The average molecular weight is 397 g/mol. The van der Waals surface area contributed by atoms with Crippen LogP contribution in [0.15, 0.2) is 54.9 Å². The molecule has 1 saturated carbocycles. The van der Waals surface area contributed by atoms with E-state index in [1.165, 1.54) is 0 Å². The topological polar surface area (TPSA) is 74.8 Å². The van der Waals surface area contributed by atoms with Crippen LogP contribution in [0.5, 0.6) is 0 Å². The van der Waals surface area contributed by atoms with Gasteiger partial charge < -0.3 is 9.47 Å². The van der Waals surface area contributed by atoms with Gasteiger partial charge in [-0.15, -0.1) is 10.2 Å². The molecule has 1 aliphatic carbocycles. The number of nitriles is 1. The Morgan fingerprint density at radius 2 is 1.67 bits per heavy atom. The third kappa shape index (κ3) is 3.71. The van der Waals surface area contributed by atoms with Gasteiger partial charge in [0.25, 0.3) is 0 Å². The summed E-state index contributed by atoms with van der Waals surface area (Å²) in [6.07, 6.45) is 4.95. The summed E-state index contributed by atoms with van der Waals surface area (Å²) >= 11 is 0. The highest BCUT2D eigenvalue weighted by atomic mass is 16.2. The predicted octanol–water partition coefficient (Wildman–Crippen LogP) is 3.74. The van der Waals surface area contributed by atoms with Crippen LogP contribution in [-0.2, 0) is 11.3 Å². The molecule has 0 radical (unpaired) electrons. The highest BCUT2D eigenvalue weighted by Gasteiger charge is 2.36. The smallest absolute Gasteiger partial charge is 0.225 e. The fraction of sp³-hybridized carbons (Fsp3) is 0.333. The standard InChI is InChI=1S/C24H23N5O/c25-13-17-1-3-19(4-2-17)20-5-7-21(8-6-20)23-27-26-16-29(23)15-18-11-12-28(14-18)24(30)22-9-10-22/h1-8,16,18,22H,9-12,14-15H2. The number of carbonyl (C=O) groups is 1. The van der Waals surface area contributed by atoms with E-state index < -0.39 is 0 Å². The fourth-order valence-electron chi connectivity index (χ4n) is 4.21. The summed E-state index contributed by atoms with van der Waals surface area (Å²) in [4.78, 5) is 14.3. The third-order valence-corrected chi connectivity index (χ3v) is 6.08. The number of benzene rings is 2. The first-order valence-corrected chi connectivity index (χ1v) is 10.5. The number of nitrogens with zero attached hydrogens (tertiary/aromatic N) is 5. The van der Waals surface area contributed by atoms with Crippen molar-refractivity contribution in [2.75, 3.05) is 13.1 Å². The lowest BCUT2D eigenvalue weighted by Gasteiger charge is -2.17. The van der Waals surface area contributed by atoms with Crippen LogP contribution in [0.2, 0.25) is 0 Å². The van der Waals surface area contributed by atoms with E-state index in [2.05, 4.69) is 45.1 Å². The zero-order valence-electron chi connectivity index (χ0n) is 16.7. The molecule has 5 rings (SSSR count). The summed E-state index contributed by atoms with van der Waals surface area (Å²) in [7, 11) is 0. The van der Waals surface area contributed by atoms with Crippen molar-refractivity contribution >= 4 is 5.91 Å². The van der Waals surface area contributed by atoms with Gasteiger partial charge in [0.15, 0.2) is 5.82 Å². The van der Waals surface area contributed by atoms with Gasteiger partial charge in [-0.25, -0.2) is 0 Å². The maximum atomic E-state index is 12.3. The first-order chi connectivity index (χ1) is 14.7. The van der Waals surface area contributed by atoms with Gasteiger partial charge in [-0.1, -0.05) is 36.4 Å². The molecule has 2 aromatic carbocycles. The number of hydrogen-bond donors (Lipinski definition) is 0. The van der Waals surface area contributed by atoms with Crippen molar-refractivity contribution in [2.24, 2.45) is 11.8 Å². The number of hydrogen-bond acceptors (Lipinski definition) is 4. The molecule has 6 nitrogen and oxygen atoms in total. The number of carbonyl (C=O) groups excluding carboxylic acids is 1. The summed E-state index contributed by atoms with van der Waals surface area (Å²) in [6, 6.07) is 18.0. The molecule has 1 unspecified atom stereocenters. The Morgan fingerprint density at radius 3 is 2.33 bits per heavy atom. The Balaban J connectivity index is 1.28. The SMILES string of the molecule is N#Cc1ccc(-c2ccc(-c3nncn3CC3CCN(C(=O)C4CC4)C3)cc2)cc1. The van der Waals surface area contributed by atoms with Crippen LogP contribution < -0.4 is 0 Å². The normalized spacial score (nSPS) is 18.4. The van der Waals surface area contributed by atoms with E-state index in [0.717, 1.165) is 61.4 Å². The van der Waals surface area contributed by atoms with Crippen molar-refractivity contribution in [3.63, 3.8) is 0 Å². The quantitative estimate of drug-likeness (QED) is 0.657. The Labute approximate surface area is 175 Å². The van der Waals surface area contributed by atoms with Crippen molar-refractivity contribution in [1.82, 2.24) is 19.7 Å². The molecule has 6 heteroatoms. The van der Waals surface area contributed by atoms with Crippen molar-refractivity contribution in [2.45, 2.75) is 25.8 Å². The van der Waals surface area contributed by atoms with Gasteiger partial charge in [0.05, 0.1) is 11.6 Å². The molecule has 1 amide bonds. The van der Waals surface area contributed by atoms with Crippen molar-refractivity contribution in [3.8, 4) is 28.6 Å². The lowest BCUT2D eigenvalue weighted by molar-refractivity contribution is -0.131. The molecule has 0 spiro atoms. The van der Waals surface area contributed by atoms with Gasteiger partial charge in [-0.05, 0) is 48.4 Å². The molecular formula is C24H23N5O. The largest absolute Gasteiger partial charge is 0.342 e. The lowest BCUT2D eigenvalue weighted by atomic mass is 10.0. The Morgan fingerprint density at radius 1 is 1.00 bits per heavy atom. The number of amides is 1. The minimum Gasteiger partial charge on any atom is -0.342 e. The van der Waals surface area contributed by atoms with Crippen LogP contribution in [0, 0.1) is 23.2 Å². The zero-order chi connectivity index (χ0) is 20.5. The number of rotatable bonds is 5. The van der Waals surface area contributed by atoms with Crippen LogP contribution in [-0.4, -0.2) is 38.7 Å². The van der Waals surface area contributed by atoms with E-state index in [1.54, 1.807) is 6.33 Å². The maximum absolute atomic E-state index is 12.3. The molecule has 2 fully saturated rings. The highest BCUT2D eigenvalue weighted by Crippen LogP contribution is 2.33. The van der Waals surface area contributed by atoms with Crippen LogP contribution in [0.1, 0.15) is 24.8 Å². The molecule has 3 aromatic rings. The van der Waals surface area contributed by atoms with Gasteiger partial charge >= 0.3 is 0 Å². The second kappa shape index (κ2) is 7.75. The Kier molecular flexibility index (Phi) is 4.80. The lowest BCUT2D eigenvalue weighted by Crippen LogP contribution is -2.30. The van der Waals surface area contributed by atoms with Gasteiger partial charge in [0.1, 0.15) is 6.33 Å². The second-order valence-electron chi connectivity index (χ2n) is 8.29. The summed E-state index contributed by atoms with van der Waals surface area (Å²) in [6.45, 7) is 2.54. The molecule has 2 heterocycles. The first-order valence-electron chi connectivity index (χ1n) is 10.5. The molecule has 0 N–H and O–H groups in total. The van der Waals surface area contributed by atoms with E-state index in [9.17, 15) is 4.79 Å². The average Bonchev–Trinajstić information content (AvgIpc) is 3.37. The summed E-state index contributed by atoms with van der Waals surface area (Å²) < 4.78 is 2.10. The first kappa shape index (κ1) is 18.6. The summed E-state index contributed by atoms with van der Waals surface area (Å²) in [5, 5.41) is 17.4. The van der Waals surface area contributed by atoms with E-state index >= 15 is 0 Å². The second-order valence-corrected chi connectivity index (χ2v) is 8.29. The predicted molar refractivity (Wildman–Crippen MR) is 113 cm³/mol. The summed E-state index contributed by atoms with van der Waals surface area (Å²) in [5.41, 5.74) is 3.86. The molecule has 150 valence electrons. The summed E-state index contributed by atoms with van der Waals surface area (Å²) in [5.74, 6) is 1.94. The van der Waals surface area contributed by atoms with Gasteiger partial charge in [-0.2, -0.15) is 5.26 Å².